The predicted molar refractivity (Wildman–Crippen MR) is 85.5 cm³/mol. The molecule has 4 nitrogen and oxygen atoms in total. The van der Waals surface area contributed by atoms with Gasteiger partial charge in [-0.15, -0.1) is 0 Å². The van der Waals surface area contributed by atoms with E-state index >= 15 is 0 Å². The van der Waals surface area contributed by atoms with E-state index in [-0.39, 0.29) is 0 Å². The number of benzene rings is 1. The molecule has 1 fully saturated rings. The molecule has 118 valence electrons. The molecule has 2 atom stereocenters. The maximum absolute atomic E-state index is 12.7. The zero-order valence-corrected chi connectivity index (χ0v) is 14.0. The van der Waals surface area contributed by atoms with E-state index in [4.69, 9.17) is 0 Å². The van der Waals surface area contributed by atoms with E-state index < -0.39 is 10.0 Å². The number of rotatable bonds is 6. The summed E-state index contributed by atoms with van der Waals surface area (Å²) in [6, 6.07) is 7.30. The van der Waals surface area contributed by atoms with Crippen molar-refractivity contribution in [2.45, 2.75) is 38.6 Å². The molecule has 1 aliphatic rings. The molecular weight excluding hydrogens is 284 g/mol. The quantitative estimate of drug-likeness (QED) is 0.821. The third-order valence-corrected chi connectivity index (χ3v) is 6.07. The molecule has 2 unspecified atom stereocenters. The van der Waals surface area contributed by atoms with Crippen molar-refractivity contribution in [1.29, 1.82) is 0 Å². The van der Waals surface area contributed by atoms with Crippen LogP contribution in [0.5, 0.6) is 0 Å². The minimum absolute atomic E-state index is 0.416. The van der Waals surface area contributed by atoms with Gasteiger partial charge in [-0.3, -0.25) is 0 Å². The highest BCUT2D eigenvalue weighted by Gasteiger charge is 2.34. The van der Waals surface area contributed by atoms with E-state index in [2.05, 4.69) is 26.1 Å². The molecule has 1 N–H and O–H groups in total. The maximum atomic E-state index is 12.7. The van der Waals surface area contributed by atoms with Gasteiger partial charge in [-0.05, 0) is 42.5 Å². The highest BCUT2D eigenvalue weighted by molar-refractivity contribution is 7.89. The fourth-order valence-corrected chi connectivity index (χ4v) is 4.36. The minimum Gasteiger partial charge on any atom is -0.313 e. The van der Waals surface area contributed by atoms with Crippen LogP contribution in [0.15, 0.2) is 29.2 Å². The van der Waals surface area contributed by atoms with Gasteiger partial charge in [-0.2, -0.15) is 4.31 Å². The second kappa shape index (κ2) is 6.90. The first kappa shape index (κ1) is 16.5. The van der Waals surface area contributed by atoms with Crippen molar-refractivity contribution < 1.29 is 8.42 Å². The van der Waals surface area contributed by atoms with Crippen LogP contribution < -0.4 is 5.32 Å². The molecule has 1 aromatic rings. The Morgan fingerprint density at radius 3 is 2.52 bits per heavy atom. The number of hydrogen-bond donors (Lipinski definition) is 1. The Labute approximate surface area is 128 Å². The molecule has 0 amide bonds. The van der Waals surface area contributed by atoms with Gasteiger partial charge in [0.05, 0.1) is 4.90 Å². The lowest BCUT2D eigenvalue weighted by Gasteiger charge is -2.17. The molecule has 1 aromatic carbocycles. The Bertz CT molecular complexity index is 561. The molecule has 1 heterocycles. The monoisotopic (exact) mass is 310 g/mol. The molecule has 0 saturated carbocycles. The SMILES string of the molecule is CCCNCc1cccc(S(=O)(=O)N2CC(C)C(C)C2)c1. The Balaban J connectivity index is 2.15. The van der Waals surface area contributed by atoms with Gasteiger partial charge >= 0.3 is 0 Å². The van der Waals surface area contributed by atoms with E-state index in [9.17, 15) is 8.42 Å². The first-order valence-corrected chi connectivity index (χ1v) is 9.19. The molecule has 1 aliphatic heterocycles. The lowest BCUT2D eigenvalue weighted by Crippen LogP contribution is -2.29. The summed E-state index contributed by atoms with van der Waals surface area (Å²) in [5.74, 6) is 0.850. The van der Waals surface area contributed by atoms with Crippen molar-refractivity contribution in [3.8, 4) is 0 Å². The molecule has 0 spiro atoms. The van der Waals surface area contributed by atoms with Crippen molar-refractivity contribution in [3.63, 3.8) is 0 Å². The van der Waals surface area contributed by atoms with Crippen LogP contribution in [-0.2, 0) is 16.6 Å². The third kappa shape index (κ3) is 3.84. The third-order valence-electron chi connectivity index (χ3n) is 4.25. The summed E-state index contributed by atoms with van der Waals surface area (Å²) in [6.45, 7) is 9.26. The van der Waals surface area contributed by atoms with Crippen molar-refractivity contribution in [3.05, 3.63) is 29.8 Å². The predicted octanol–water partition coefficient (Wildman–Crippen LogP) is 2.46. The summed E-state index contributed by atoms with van der Waals surface area (Å²) in [4.78, 5) is 0.416. The van der Waals surface area contributed by atoms with Crippen molar-refractivity contribution in [1.82, 2.24) is 9.62 Å². The Morgan fingerprint density at radius 1 is 1.24 bits per heavy atom. The Morgan fingerprint density at radius 2 is 1.90 bits per heavy atom. The van der Waals surface area contributed by atoms with Crippen molar-refractivity contribution in [2.24, 2.45) is 11.8 Å². The maximum Gasteiger partial charge on any atom is 0.243 e. The van der Waals surface area contributed by atoms with Crippen molar-refractivity contribution >= 4 is 10.0 Å². The van der Waals surface area contributed by atoms with E-state index in [1.165, 1.54) is 0 Å². The summed E-state index contributed by atoms with van der Waals surface area (Å²) < 4.78 is 27.1. The number of nitrogens with one attached hydrogen (secondary N) is 1. The second-order valence-electron chi connectivity index (χ2n) is 6.10. The summed E-state index contributed by atoms with van der Waals surface area (Å²) in [6.07, 6.45) is 1.07. The summed E-state index contributed by atoms with van der Waals surface area (Å²) in [7, 11) is -3.35. The Hall–Kier alpha value is -0.910. The van der Waals surface area contributed by atoms with Gasteiger partial charge in [0, 0.05) is 19.6 Å². The van der Waals surface area contributed by atoms with Gasteiger partial charge in [-0.25, -0.2) is 8.42 Å². The normalized spacial score (nSPS) is 23.6. The first-order chi connectivity index (χ1) is 9.95. The Kier molecular flexibility index (Phi) is 5.41. The van der Waals surface area contributed by atoms with Gasteiger partial charge in [0.2, 0.25) is 10.0 Å². The molecule has 0 aromatic heterocycles. The smallest absolute Gasteiger partial charge is 0.243 e. The molecule has 1 saturated heterocycles. The van der Waals surface area contributed by atoms with Crippen LogP contribution in [0.25, 0.3) is 0 Å². The molecule has 5 heteroatoms. The van der Waals surface area contributed by atoms with Gasteiger partial charge < -0.3 is 5.32 Å². The molecule has 0 aliphatic carbocycles. The molecule has 2 rings (SSSR count). The van der Waals surface area contributed by atoms with Crippen LogP contribution in [-0.4, -0.2) is 32.4 Å². The second-order valence-corrected chi connectivity index (χ2v) is 8.04. The van der Waals surface area contributed by atoms with Crippen LogP contribution in [0, 0.1) is 11.8 Å². The van der Waals surface area contributed by atoms with Crippen LogP contribution in [0.2, 0.25) is 0 Å². The average Bonchev–Trinajstić information content (AvgIpc) is 2.80. The van der Waals surface area contributed by atoms with Gasteiger partial charge in [0.1, 0.15) is 0 Å². The summed E-state index contributed by atoms with van der Waals surface area (Å²) in [5, 5.41) is 3.31. The van der Waals surface area contributed by atoms with E-state index in [0.717, 1.165) is 18.5 Å². The van der Waals surface area contributed by atoms with E-state index in [1.54, 1.807) is 16.4 Å². The average molecular weight is 310 g/mol. The fraction of sp³-hybridized carbons (Fsp3) is 0.625. The van der Waals surface area contributed by atoms with E-state index in [0.29, 0.717) is 36.4 Å². The molecule has 21 heavy (non-hydrogen) atoms. The highest BCUT2D eigenvalue weighted by atomic mass is 32.2. The highest BCUT2D eigenvalue weighted by Crippen LogP contribution is 2.28. The number of nitrogens with zero attached hydrogens (tertiary/aromatic N) is 1. The molecule has 0 bridgehead atoms. The molecule has 0 radical (unpaired) electrons. The van der Waals surface area contributed by atoms with Crippen molar-refractivity contribution in [2.75, 3.05) is 19.6 Å². The zero-order chi connectivity index (χ0) is 15.5. The van der Waals surface area contributed by atoms with Gasteiger partial charge in [0.25, 0.3) is 0 Å². The number of hydrogen-bond acceptors (Lipinski definition) is 3. The number of sulfonamides is 1. The lowest BCUT2D eigenvalue weighted by molar-refractivity contribution is 0.463. The summed E-state index contributed by atoms with van der Waals surface area (Å²) in [5.41, 5.74) is 1.02. The largest absolute Gasteiger partial charge is 0.313 e. The zero-order valence-electron chi connectivity index (χ0n) is 13.2. The topological polar surface area (TPSA) is 49.4 Å². The minimum atomic E-state index is -3.35. The molecular formula is C16H26N2O2S. The van der Waals surface area contributed by atoms with Gasteiger partial charge in [-0.1, -0.05) is 32.9 Å². The first-order valence-electron chi connectivity index (χ1n) is 7.75. The van der Waals surface area contributed by atoms with Crippen LogP contribution in [0.3, 0.4) is 0 Å². The fourth-order valence-electron chi connectivity index (χ4n) is 2.65. The van der Waals surface area contributed by atoms with Crippen LogP contribution >= 0.6 is 0 Å². The van der Waals surface area contributed by atoms with Crippen LogP contribution in [0.4, 0.5) is 0 Å². The van der Waals surface area contributed by atoms with Gasteiger partial charge in [0.15, 0.2) is 0 Å². The van der Waals surface area contributed by atoms with E-state index in [1.807, 2.05) is 12.1 Å². The van der Waals surface area contributed by atoms with Crippen LogP contribution in [0.1, 0.15) is 32.8 Å². The lowest BCUT2D eigenvalue weighted by atomic mass is 10.0. The summed E-state index contributed by atoms with van der Waals surface area (Å²) >= 11 is 0. The standard InChI is InChI=1S/C16H26N2O2S/c1-4-8-17-10-15-6-5-7-16(9-15)21(19,20)18-11-13(2)14(3)12-18/h5-7,9,13-14,17H,4,8,10-12H2,1-3H3.